The Hall–Kier alpha value is -2.11. The molecule has 1 fully saturated rings. The maximum atomic E-state index is 11.9. The lowest BCUT2D eigenvalue weighted by Gasteiger charge is -2.27. The number of hydrogen-bond donors (Lipinski definition) is 2. The van der Waals surface area contributed by atoms with Crippen molar-refractivity contribution in [3.63, 3.8) is 0 Å². The lowest BCUT2D eigenvalue weighted by Crippen LogP contribution is -2.47. The summed E-state index contributed by atoms with van der Waals surface area (Å²) in [4.78, 5) is 22.9. The number of aliphatic carboxylic acids is 1. The van der Waals surface area contributed by atoms with E-state index in [9.17, 15) is 9.59 Å². The molecule has 0 aliphatic heterocycles. The number of hydrogen-bond acceptors (Lipinski definition) is 3. The zero-order chi connectivity index (χ0) is 14.6. The lowest BCUT2D eigenvalue weighted by atomic mass is 9.93. The number of rotatable bonds is 5. The summed E-state index contributed by atoms with van der Waals surface area (Å²) in [5, 5.41) is 15.9. The third kappa shape index (κ3) is 3.69. The van der Waals surface area contributed by atoms with Gasteiger partial charge in [0.2, 0.25) is 5.91 Å². The lowest BCUT2D eigenvalue weighted by molar-refractivity contribution is -0.139. The number of amides is 1. The summed E-state index contributed by atoms with van der Waals surface area (Å²) < 4.78 is 1.65. The maximum absolute atomic E-state index is 11.9. The minimum atomic E-state index is -0.872. The summed E-state index contributed by atoms with van der Waals surface area (Å²) in [5.41, 5.74) is 0.253. The van der Waals surface area contributed by atoms with Gasteiger partial charge in [0.05, 0.1) is 18.2 Å². The molecule has 1 aliphatic carbocycles. The van der Waals surface area contributed by atoms with Crippen LogP contribution in [0.3, 0.4) is 0 Å². The summed E-state index contributed by atoms with van der Waals surface area (Å²) in [6.07, 6.45) is 9.92. The van der Waals surface area contributed by atoms with Crippen LogP contribution in [0.1, 0.15) is 37.7 Å². The summed E-state index contributed by atoms with van der Waals surface area (Å²) in [6, 6.07) is 0. The van der Waals surface area contributed by atoms with Crippen LogP contribution in [0.25, 0.3) is 6.08 Å². The summed E-state index contributed by atoms with van der Waals surface area (Å²) in [7, 11) is 1.80. The van der Waals surface area contributed by atoms with Crippen LogP contribution in [0.4, 0.5) is 0 Å². The molecule has 0 radical (unpaired) electrons. The monoisotopic (exact) mass is 277 g/mol. The van der Waals surface area contributed by atoms with Crippen LogP contribution in [0.5, 0.6) is 0 Å². The Balaban J connectivity index is 1.98. The van der Waals surface area contributed by atoms with Gasteiger partial charge < -0.3 is 10.4 Å². The fourth-order valence-corrected chi connectivity index (χ4v) is 2.69. The molecule has 0 spiro atoms. The van der Waals surface area contributed by atoms with E-state index in [2.05, 4.69) is 10.4 Å². The van der Waals surface area contributed by atoms with Gasteiger partial charge in [-0.3, -0.25) is 14.3 Å². The number of nitrogens with zero attached hydrogens (tertiary/aromatic N) is 2. The molecule has 108 valence electrons. The van der Waals surface area contributed by atoms with Crippen LogP contribution in [0.15, 0.2) is 18.5 Å². The molecule has 20 heavy (non-hydrogen) atoms. The van der Waals surface area contributed by atoms with Crippen LogP contribution >= 0.6 is 0 Å². The van der Waals surface area contributed by atoms with E-state index in [4.69, 9.17) is 5.11 Å². The highest BCUT2D eigenvalue weighted by atomic mass is 16.4. The standard InChI is InChI=1S/C14H19N3O3/c1-17-10-11(9-15-17)4-5-12(18)16-14(8-13(19)20)6-2-3-7-14/h4-5,9-10H,2-3,6-8H2,1H3,(H,16,18)(H,19,20). The number of carboxylic acid groups (broad SMARTS) is 1. The number of carbonyl (C=O) groups is 2. The van der Waals surface area contributed by atoms with E-state index < -0.39 is 11.5 Å². The summed E-state index contributed by atoms with van der Waals surface area (Å²) in [5.74, 6) is -1.12. The van der Waals surface area contributed by atoms with Crippen molar-refractivity contribution < 1.29 is 14.7 Å². The number of aromatic nitrogens is 2. The molecule has 1 aromatic rings. The Labute approximate surface area is 117 Å². The average molecular weight is 277 g/mol. The predicted molar refractivity (Wildman–Crippen MR) is 73.8 cm³/mol. The van der Waals surface area contributed by atoms with Gasteiger partial charge in [0, 0.05) is 24.9 Å². The number of nitrogens with one attached hydrogen (secondary N) is 1. The van der Waals surface area contributed by atoms with E-state index in [1.54, 1.807) is 30.2 Å². The molecule has 1 heterocycles. The molecular weight excluding hydrogens is 258 g/mol. The molecule has 6 heteroatoms. The van der Waals surface area contributed by atoms with Crippen molar-refractivity contribution in [1.82, 2.24) is 15.1 Å². The number of aryl methyl sites for hydroxylation is 1. The van der Waals surface area contributed by atoms with E-state index in [1.165, 1.54) is 6.08 Å². The molecule has 2 rings (SSSR count). The van der Waals surface area contributed by atoms with Gasteiger partial charge in [0.15, 0.2) is 0 Å². The van der Waals surface area contributed by atoms with Crippen molar-refractivity contribution in [2.45, 2.75) is 37.6 Å². The largest absolute Gasteiger partial charge is 0.481 e. The van der Waals surface area contributed by atoms with Gasteiger partial charge in [-0.25, -0.2) is 0 Å². The highest BCUT2D eigenvalue weighted by Crippen LogP contribution is 2.32. The van der Waals surface area contributed by atoms with E-state index in [0.29, 0.717) is 0 Å². The molecule has 6 nitrogen and oxygen atoms in total. The van der Waals surface area contributed by atoms with Crippen molar-refractivity contribution >= 4 is 18.0 Å². The van der Waals surface area contributed by atoms with Gasteiger partial charge in [-0.05, 0) is 18.9 Å². The van der Waals surface area contributed by atoms with Crippen molar-refractivity contribution in [3.8, 4) is 0 Å². The molecular formula is C14H19N3O3. The normalized spacial score (nSPS) is 17.4. The van der Waals surface area contributed by atoms with E-state index >= 15 is 0 Å². The van der Waals surface area contributed by atoms with Gasteiger partial charge >= 0.3 is 5.97 Å². The van der Waals surface area contributed by atoms with Crippen LogP contribution in [-0.2, 0) is 16.6 Å². The zero-order valence-electron chi connectivity index (χ0n) is 11.5. The Morgan fingerprint density at radius 2 is 2.20 bits per heavy atom. The van der Waals surface area contributed by atoms with Crippen molar-refractivity contribution in [2.75, 3.05) is 0 Å². The molecule has 1 aliphatic rings. The molecule has 1 saturated carbocycles. The first-order valence-corrected chi connectivity index (χ1v) is 6.70. The number of carboxylic acids is 1. The van der Waals surface area contributed by atoms with Gasteiger partial charge in [-0.15, -0.1) is 0 Å². The van der Waals surface area contributed by atoms with Crippen molar-refractivity contribution in [2.24, 2.45) is 7.05 Å². The fourth-order valence-electron chi connectivity index (χ4n) is 2.69. The predicted octanol–water partition coefficient (Wildman–Crippen LogP) is 1.34. The van der Waals surface area contributed by atoms with Crippen LogP contribution < -0.4 is 5.32 Å². The van der Waals surface area contributed by atoms with Gasteiger partial charge in [0.25, 0.3) is 0 Å². The summed E-state index contributed by atoms with van der Waals surface area (Å²) >= 11 is 0. The van der Waals surface area contributed by atoms with Crippen LogP contribution in [-0.4, -0.2) is 32.3 Å². The fraction of sp³-hybridized carbons (Fsp3) is 0.500. The Morgan fingerprint density at radius 1 is 1.50 bits per heavy atom. The first-order chi connectivity index (χ1) is 9.49. The van der Waals surface area contributed by atoms with Gasteiger partial charge in [0.1, 0.15) is 0 Å². The first-order valence-electron chi connectivity index (χ1n) is 6.70. The molecule has 0 bridgehead atoms. The highest BCUT2D eigenvalue weighted by molar-refractivity contribution is 5.92. The van der Waals surface area contributed by atoms with Crippen molar-refractivity contribution in [3.05, 3.63) is 24.0 Å². The van der Waals surface area contributed by atoms with Crippen LogP contribution in [0, 0.1) is 0 Å². The second-order valence-electron chi connectivity index (χ2n) is 5.33. The van der Waals surface area contributed by atoms with E-state index in [0.717, 1.165) is 31.2 Å². The first kappa shape index (κ1) is 14.3. The van der Waals surface area contributed by atoms with Crippen LogP contribution in [0.2, 0.25) is 0 Å². The third-order valence-electron chi connectivity index (χ3n) is 3.59. The Kier molecular flexibility index (Phi) is 4.22. The number of carbonyl (C=O) groups excluding carboxylic acids is 1. The Morgan fingerprint density at radius 3 is 2.75 bits per heavy atom. The second kappa shape index (κ2) is 5.90. The van der Waals surface area contributed by atoms with Crippen molar-refractivity contribution in [1.29, 1.82) is 0 Å². The topological polar surface area (TPSA) is 84.2 Å². The van der Waals surface area contributed by atoms with E-state index in [-0.39, 0.29) is 12.3 Å². The van der Waals surface area contributed by atoms with Gasteiger partial charge in [-0.1, -0.05) is 12.8 Å². The van der Waals surface area contributed by atoms with Gasteiger partial charge in [-0.2, -0.15) is 5.10 Å². The molecule has 1 amide bonds. The molecule has 0 unspecified atom stereocenters. The third-order valence-corrected chi connectivity index (χ3v) is 3.59. The SMILES string of the molecule is Cn1cc(C=CC(=O)NC2(CC(=O)O)CCCC2)cn1. The molecule has 0 atom stereocenters. The minimum absolute atomic E-state index is 0.0144. The second-order valence-corrected chi connectivity index (χ2v) is 5.33. The minimum Gasteiger partial charge on any atom is -0.481 e. The molecule has 1 aromatic heterocycles. The highest BCUT2D eigenvalue weighted by Gasteiger charge is 2.36. The smallest absolute Gasteiger partial charge is 0.305 e. The molecule has 0 saturated heterocycles. The molecule has 2 N–H and O–H groups in total. The average Bonchev–Trinajstić information content (AvgIpc) is 2.95. The maximum Gasteiger partial charge on any atom is 0.305 e. The Bertz CT molecular complexity index is 528. The zero-order valence-corrected chi connectivity index (χ0v) is 11.5. The van der Waals surface area contributed by atoms with E-state index in [1.807, 2.05) is 0 Å². The molecule has 0 aromatic carbocycles. The summed E-state index contributed by atoms with van der Waals surface area (Å²) in [6.45, 7) is 0. The quantitative estimate of drug-likeness (QED) is 0.795.